The van der Waals surface area contributed by atoms with Crippen molar-refractivity contribution >= 4 is 5.65 Å². The number of imidazole rings is 2. The number of aromatic nitrogens is 6. The van der Waals surface area contributed by atoms with Crippen molar-refractivity contribution in [3.05, 3.63) is 66.3 Å². The Morgan fingerprint density at radius 2 is 2.00 bits per heavy atom. The maximum Gasteiger partial charge on any atom is 0.213 e. The third-order valence-electron chi connectivity index (χ3n) is 3.70. The lowest BCUT2D eigenvalue weighted by Crippen LogP contribution is -2.04. The standard InChI is InChI=1S/C16H13FN6/c1-11-13(21-15-6-3-7-19-23(11)15)10-22-9-8-18-16(22)12-4-2-5-14(17)20-12/h2-9H,10H2,1H3. The lowest BCUT2D eigenvalue weighted by molar-refractivity contribution is 0.584. The van der Waals surface area contributed by atoms with Crippen LogP contribution in [0.15, 0.2) is 48.9 Å². The molecule has 23 heavy (non-hydrogen) atoms. The Morgan fingerprint density at radius 1 is 1.09 bits per heavy atom. The summed E-state index contributed by atoms with van der Waals surface area (Å²) in [4.78, 5) is 12.8. The Hall–Kier alpha value is -3.09. The van der Waals surface area contributed by atoms with Gasteiger partial charge in [0.15, 0.2) is 11.5 Å². The Balaban J connectivity index is 1.75. The van der Waals surface area contributed by atoms with Gasteiger partial charge >= 0.3 is 0 Å². The quantitative estimate of drug-likeness (QED) is 0.546. The fraction of sp³-hybridized carbons (Fsp3) is 0.125. The van der Waals surface area contributed by atoms with Gasteiger partial charge in [-0.1, -0.05) is 6.07 Å². The molecule has 4 heterocycles. The number of nitrogens with zero attached hydrogens (tertiary/aromatic N) is 6. The minimum absolute atomic E-state index is 0.495. The molecule has 0 aliphatic rings. The molecular formula is C16H13FN6. The smallest absolute Gasteiger partial charge is 0.213 e. The van der Waals surface area contributed by atoms with E-state index in [4.69, 9.17) is 0 Å². The molecule has 4 aromatic heterocycles. The van der Waals surface area contributed by atoms with E-state index in [1.165, 1.54) is 6.07 Å². The van der Waals surface area contributed by atoms with Crippen molar-refractivity contribution in [2.45, 2.75) is 13.5 Å². The summed E-state index contributed by atoms with van der Waals surface area (Å²) in [7, 11) is 0. The molecule has 0 aromatic carbocycles. The van der Waals surface area contributed by atoms with Crippen LogP contribution in [-0.2, 0) is 6.54 Å². The van der Waals surface area contributed by atoms with Gasteiger partial charge in [-0.3, -0.25) is 0 Å². The van der Waals surface area contributed by atoms with Gasteiger partial charge in [-0.25, -0.2) is 19.5 Å². The third kappa shape index (κ3) is 2.36. The van der Waals surface area contributed by atoms with E-state index < -0.39 is 5.95 Å². The monoisotopic (exact) mass is 308 g/mol. The van der Waals surface area contributed by atoms with Crippen molar-refractivity contribution in [1.82, 2.24) is 29.1 Å². The molecular weight excluding hydrogens is 295 g/mol. The number of hydrogen-bond donors (Lipinski definition) is 0. The largest absolute Gasteiger partial charge is 0.324 e. The third-order valence-corrected chi connectivity index (χ3v) is 3.70. The Morgan fingerprint density at radius 3 is 2.83 bits per heavy atom. The van der Waals surface area contributed by atoms with Crippen LogP contribution in [0.25, 0.3) is 17.2 Å². The summed E-state index contributed by atoms with van der Waals surface area (Å²) >= 11 is 0. The molecule has 4 aromatic rings. The first-order valence-corrected chi connectivity index (χ1v) is 7.15. The molecule has 0 spiro atoms. The number of pyridine rings is 1. The molecule has 4 rings (SSSR count). The molecule has 7 heteroatoms. The van der Waals surface area contributed by atoms with Gasteiger partial charge in [0.2, 0.25) is 5.95 Å². The number of hydrogen-bond acceptors (Lipinski definition) is 4. The zero-order chi connectivity index (χ0) is 15.8. The Bertz CT molecular complexity index is 987. The molecule has 0 amide bonds. The van der Waals surface area contributed by atoms with Gasteiger partial charge in [-0.15, -0.1) is 0 Å². The topological polar surface area (TPSA) is 60.9 Å². The summed E-state index contributed by atoms with van der Waals surface area (Å²) in [5, 5.41) is 4.29. The summed E-state index contributed by atoms with van der Waals surface area (Å²) in [6.45, 7) is 2.49. The summed E-state index contributed by atoms with van der Waals surface area (Å²) < 4.78 is 17.0. The molecule has 0 unspecified atom stereocenters. The van der Waals surface area contributed by atoms with E-state index in [9.17, 15) is 4.39 Å². The summed E-state index contributed by atoms with van der Waals surface area (Å²) in [5.41, 5.74) is 3.15. The molecule has 0 fully saturated rings. The van der Waals surface area contributed by atoms with Crippen molar-refractivity contribution in [3.63, 3.8) is 0 Å². The van der Waals surface area contributed by atoms with E-state index in [1.54, 1.807) is 29.0 Å². The second kappa shape index (κ2) is 5.28. The van der Waals surface area contributed by atoms with Crippen LogP contribution in [0.3, 0.4) is 0 Å². The van der Waals surface area contributed by atoms with Gasteiger partial charge in [-0.2, -0.15) is 9.49 Å². The van der Waals surface area contributed by atoms with E-state index in [0.29, 0.717) is 18.1 Å². The first-order valence-electron chi connectivity index (χ1n) is 7.15. The second-order valence-corrected chi connectivity index (χ2v) is 5.16. The van der Waals surface area contributed by atoms with Crippen LogP contribution in [-0.4, -0.2) is 29.1 Å². The molecule has 6 nitrogen and oxygen atoms in total. The first-order chi connectivity index (χ1) is 11.2. The van der Waals surface area contributed by atoms with E-state index in [0.717, 1.165) is 17.0 Å². The van der Waals surface area contributed by atoms with E-state index in [-0.39, 0.29) is 0 Å². The lowest BCUT2D eigenvalue weighted by atomic mass is 10.3. The Labute approximate surface area is 131 Å². The van der Waals surface area contributed by atoms with Gasteiger partial charge in [0, 0.05) is 18.6 Å². The minimum atomic E-state index is -0.523. The Kier molecular flexibility index (Phi) is 3.11. The zero-order valence-electron chi connectivity index (χ0n) is 12.4. The van der Waals surface area contributed by atoms with Crippen molar-refractivity contribution in [1.29, 1.82) is 0 Å². The molecule has 0 atom stereocenters. The van der Waals surface area contributed by atoms with E-state index in [2.05, 4.69) is 20.1 Å². The SMILES string of the molecule is Cc1c(Cn2ccnc2-c2cccc(F)n2)nc2cccnn12. The van der Waals surface area contributed by atoms with Gasteiger partial charge in [-0.05, 0) is 31.2 Å². The van der Waals surface area contributed by atoms with Gasteiger partial charge in [0.25, 0.3) is 0 Å². The molecule has 0 aliphatic carbocycles. The highest BCUT2D eigenvalue weighted by molar-refractivity contribution is 5.50. The molecule has 0 saturated heterocycles. The predicted octanol–water partition coefficient (Wildman–Crippen LogP) is 2.48. The van der Waals surface area contributed by atoms with Crippen LogP contribution >= 0.6 is 0 Å². The number of aryl methyl sites for hydroxylation is 1. The van der Waals surface area contributed by atoms with Crippen LogP contribution in [0.2, 0.25) is 0 Å². The van der Waals surface area contributed by atoms with Crippen molar-refractivity contribution in [3.8, 4) is 11.5 Å². The molecule has 0 saturated carbocycles. The fourth-order valence-electron chi connectivity index (χ4n) is 2.56. The highest BCUT2D eigenvalue weighted by Crippen LogP contribution is 2.18. The van der Waals surface area contributed by atoms with E-state index in [1.807, 2.05) is 29.8 Å². The van der Waals surface area contributed by atoms with Crippen LogP contribution < -0.4 is 0 Å². The first kappa shape index (κ1) is 13.6. The predicted molar refractivity (Wildman–Crippen MR) is 82.2 cm³/mol. The maximum atomic E-state index is 13.3. The van der Waals surface area contributed by atoms with Crippen molar-refractivity contribution in [2.75, 3.05) is 0 Å². The molecule has 114 valence electrons. The van der Waals surface area contributed by atoms with Crippen molar-refractivity contribution < 1.29 is 4.39 Å². The fourth-order valence-corrected chi connectivity index (χ4v) is 2.56. The lowest BCUT2D eigenvalue weighted by Gasteiger charge is -2.06. The van der Waals surface area contributed by atoms with Gasteiger partial charge in [0.1, 0.15) is 5.69 Å². The molecule has 0 radical (unpaired) electrons. The highest BCUT2D eigenvalue weighted by Gasteiger charge is 2.13. The number of fused-ring (bicyclic) bond motifs is 1. The summed E-state index contributed by atoms with van der Waals surface area (Å²) in [6.07, 6.45) is 5.23. The van der Waals surface area contributed by atoms with Gasteiger partial charge in [0.05, 0.1) is 17.9 Å². The number of halogens is 1. The highest BCUT2D eigenvalue weighted by atomic mass is 19.1. The number of rotatable bonds is 3. The summed E-state index contributed by atoms with van der Waals surface area (Å²) in [5.74, 6) is 0.0825. The second-order valence-electron chi connectivity index (χ2n) is 5.16. The molecule has 0 bridgehead atoms. The van der Waals surface area contributed by atoms with E-state index >= 15 is 0 Å². The average Bonchev–Trinajstić information content (AvgIpc) is 3.14. The van der Waals surface area contributed by atoms with Crippen LogP contribution in [0.5, 0.6) is 0 Å². The normalized spacial score (nSPS) is 11.2. The van der Waals surface area contributed by atoms with Crippen LogP contribution in [0.4, 0.5) is 4.39 Å². The van der Waals surface area contributed by atoms with Crippen molar-refractivity contribution in [2.24, 2.45) is 0 Å². The van der Waals surface area contributed by atoms with Crippen LogP contribution in [0, 0.1) is 12.9 Å². The molecule has 0 aliphatic heterocycles. The van der Waals surface area contributed by atoms with Crippen LogP contribution in [0.1, 0.15) is 11.4 Å². The average molecular weight is 308 g/mol. The molecule has 0 N–H and O–H groups in total. The van der Waals surface area contributed by atoms with Gasteiger partial charge < -0.3 is 4.57 Å². The maximum absolute atomic E-state index is 13.3. The zero-order valence-corrected chi connectivity index (χ0v) is 12.4. The minimum Gasteiger partial charge on any atom is -0.324 e. The summed E-state index contributed by atoms with van der Waals surface area (Å²) in [6, 6.07) is 8.43.